The molecule has 0 heterocycles. The third kappa shape index (κ3) is 3.48. The van der Waals surface area contributed by atoms with E-state index in [1.807, 2.05) is 0 Å². The monoisotopic (exact) mass is 233 g/mol. The van der Waals surface area contributed by atoms with Crippen LogP contribution in [0.4, 0.5) is 4.39 Å². The molecule has 0 saturated carbocycles. The highest BCUT2D eigenvalue weighted by molar-refractivity contribution is 7.98. The van der Waals surface area contributed by atoms with Crippen LogP contribution in [0.3, 0.4) is 0 Å². The van der Waals surface area contributed by atoms with Gasteiger partial charge < -0.3 is 5.73 Å². The Balaban J connectivity index is 2.49. The number of nitrogens with two attached hydrogens (primary N) is 1. The van der Waals surface area contributed by atoms with Gasteiger partial charge in [0.25, 0.3) is 0 Å². The van der Waals surface area contributed by atoms with Gasteiger partial charge in [-0.2, -0.15) is 11.8 Å². The van der Waals surface area contributed by atoms with Crippen LogP contribution in [0.15, 0.2) is 18.2 Å². The Bertz CT molecular complexity index is 273. The molecule has 0 spiro atoms. The summed E-state index contributed by atoms with van der Waals surface area (Å²) in [5, 5.41) is 0.505. The number of rotatable bonds is 5. The van der Waals surface area contributed by atoms with E-state index in [0.29, 0.717) is 22.9 Å². The molecule has 0 amide bonds. The second kappa shape index (κ2) is 6.27. The zero-order valence-electron chi connectivity index (χ0n) is 7.80. The maximum Gasteiger partial charge on any atom is 0.128 e. The first-order valence-electron chi connectivity index (χ1n) is 4.46. The third-order valence-corrected chi connectivity index (χ3v) is 3.23. The molecule has 1 aromatic rings. The van der Waals surface area contributed by atoms with Gasteiger partial charge in [-0.25, -0.2) is 4.39 Å². The van der Waals surface area contributed by atoms with Crippen molar-refractivity contribution in [2.45, 2.75) is 12.2 Å². The van der Waals surface area contributed by atoms with E-state index >= 15 is 0 Å². The standard InChI is InChI=1S/C10H13ClFNS/c11-9-3-1-4-10(12)8(9)7-14-6-2-5-13/h1,3-4H,2,5-7,13H2. The highest BCUT2D eigenvalue weighted by Gasteiger charge is 2.05. The van der Waals surface area contributed by atoms with E-state index in [0.717, 1.165) is 12.2 Å². The summed E-state index contributed by atoms with van der Waals surface area (Å²) < 4.78 is 13.2. The molecule has 0 aliphatic carbocycles. The first-order valence-corrected chi connectivity index (χ1v) is 5.99. The van der Waals surface area contributed by atoms with E-state index in [4.69, 9.17) is 17.3 Å². The summed E-state index contributed by atoms with van der Waals surface area (Å²) in [6.07, 6.45) is 0.955. The van der Waals surface area contributed by atoms with Crippen molar-refractivity contribution in [3.63, 3.8) is 0 Å². The Labute approximate surface area is 92.8 Å². The predicted molar refractivity (Wildman–Crippen MR) is 61.2 cm³/mol. The third-order valence-electron chi connectivity index (χ3n) is 1.80. The second-order valence-electron chi connectivity index (χ2n) is 2.90. The summed E-state index contributed by atoms with van der Waals surface area (Å²) in [5.74, 6) is 1.34. The molecule has 0 aliphatic rings. The first kappa shape index (κ1) is 11.8. The summed E-state index contributed by atoms with van der Waals surface area (Å²) in [7, 11) is 0. The van der Waals surface area contributed by atoms with Crippen molar-refractivity contribution in [3.05, 3.63) is 34.6 Å². The van der Waals surface area contributed by atoms with E-state index in [9.17, 15) is 4.39 Å². The topological polar surface area (TPSA) is 26.0 Å². The molecule has 0 saturated heterocycles. The van der Waals surface area contributed by atoms with Crippen LogP contribution in [0.1, 0.15) is 12.0 Å². The van der Waals surface area contributed by atoms with Crippen LogP contribution in [-0.4, -0.2) is 12.3 Å². The van der Waals surface area contributed by atoms with Crippen molar-refractivity contribution in [2.24, 2.45) is 5.73 Å². The summed E-state index contributed by atoms with van der Waals surface area (Å²) in [4.78, 5) is 0. The Morgan fingerprint density at radius 2 is 2.21 bits per heavy atom. The molecule has 0 bridgehead atoms. The van der Waals surface area contributed by atoms with Gasteiger partial charge in [0, 0.05) is 16.3 Å². The largest absolute Gasteiger partial charge is 0.330 e. The predicted octanol–water partition coefficient (Wildman–Crippen LogP) is 3.06. The van der Waals surface area contributed by atoms with Crippen LogP contribution >= 0.6 is 23.4 Å². The molecule has 0 aromatic heterocycles. The molecule has 0 aliphatic heterocycles. The average molecular weight is 234 g/mol. The number of hydrogen-bond donors (Lipinski definition) is 1. The summed E-state index contributed by atoms with van der Waals surface area (Å²) in [6.45, 7) is 0.679. The molecule has 0 atom stereocenters. The molecule has 14 heavy (non-hydrogen) atoms. The van der Waals surface area contributed by atoms with Gasteiger partial charge in [0.1, 0.15) is 5.82 Å². The van der Waals surface area contributed by atoms with Crippen molar-refractivity contribution in [2.75, 3.05) is 12.3 Å². The minimum atomic E-state index is -0.224. The first-order chi connectivity index (χ1) is 6.75. The summed E-state index contributed by atoms with van der Waals surface area (Å²) in [6, 6.07) is 4.76. The zero-order valence-corrected chi connectivity index (χ0v) is 9.37. The number of benzene rings is 1. The fraction of sp³-hybridized carbons (Fsp3) is 0.400. The van der Waals surface area contributed by atoms with E-state index in [1.54, 1.807) is 23.9 Å². The lowest BCUT2D eigenvalue weighted by Gasteiger charge is -2.04. The minimum Gasteiger partial charge on any atom is -0.330 e. The van der Waals surface area contributed by atoms with Crippen LogP contribution in [0.25, 0.3) is 0 Å². The molecule has 0 fully saturated rings. The minimum absolute atomic E-state index is 0.224. The Kier molecular flexibility index (Phi) is 5.30. The Hall–Kier alpha value is -0.250. The van der Waals surface area contributed by atoms with E-state index < -0.39 is 0 Å². The molecule has 4 heteroatoms. The lowest BCUT2D eigenvalue weighted by Crippen LogP contribution is -2.00. The zero-order chi connectivity index (χ0) is 10.4. The van der Waals surface area contributed by atoms with Crippen molar-refractivity contribution >= 4 is 23.4 Å². The van der Waals surface area contributed by atoms with Gasteiger partial charge in [0.2, 0.25) is 0 Å². The van der Waals surface area contributed by atoms with Crippen molar-refractivity contribution < 1.29 is 4.39 Å². The van der Waals surface area contributed by atoms with Gasteiger partial charge in [-0.15, -0.1) is 0 Å². The quantitative estimate of drug-likeness (QED) is 0.792. The van der Waals surface area contributed by atoms with Crippen LogP contribution in [0, 0.1) is 5.82 Å². The van der Waals surface area contributed by atoms with Crippen LogP contribution in [-0.2, 0) is 5.75 Å². The fourth-order valence-electron chi connectivity index (χ4n) is 1.03. The van der Waals surface area contributed by atoms with Gasteiger partial charge in [-0.1, -0.05) is 17.7 Å². The highest BCUT2D eigenvalue weighted by atomic mass is 35.5. The molecular weight excluding hydrogens is 221 g/mol. The maximum atomic E-state index is 13.2. The molecule has 1 aromatic carbocycles. The van der Waals surface area contributed by atoms with Crippen molar-refractivity contribution in [1.29, 1.82) is 0 Å². The molecule has 0 unspecified atom stereocenters. The van der Waals surface area contributed by atoms with E-state index in [1.165, 1.54) is 6.07 Å². The normalized spacial score (nSPS) is 10.5. The molecule has 78 valence electrons. The number of thioether (sulfide) groups is 1. The maximum absolute atomic E-state index is 13.2. The smallest absolute Gasteiger partial charge is 0.128 e. The fourth-order valence-corrected chi connectivity index (χ4v) is 2.35. The lowest BCUT2D eigenvalue weighted by atomic mass is 10.2. The molecule has 0 radical (unpaired) electrons. The van der Waals surface area contributed by atoms with Gasteiger partial charge in [0.15, 0.2) is 0 Å². The van der Waals surface area contributed by atoms with Crippen LogP contribution < -0.4 is 5.73 Å². The summed E-state index contributed by atoms with van der Waals surface area (Å²) in [5.41, 5.74) is 5.95. The van der Waals surface area contributed by atoms with Gasteiger partial charge in [0.05, 0.1) is 0 Å². The van der Waals surface area contributed by atoms with E-state index in [2.05, 4.69) is 0 Å². The Morgan fingerprint density at radius 1 is 1.43 bits per heavy atom. The van der Waals surface area contributed by atoms with E-state index in [-0.39, 0.29) is 5.82 Å². The lowest BCUT2D eigenvalue weighted by molar-refractivity contribution is 0.617. The number of hydrogen-bond acceptors (Lipinski definition) is 2. The molecule has 1 nitrogen and oxygen atoms in total. The average Bonchev–Trinajstić information content (AvgIpc) is 2.16. The number of halogens is 2. The second-order valence-corrected chi connectivity index (χ2v) is 4.41. The molecular formula is C10H13ClFNS. The van der Waals surface area contributed by atoms with Gasteiger partial charge >= 0.3 is 0 Å². The molecule has 1 rings (SSSR count). The molecule has 2 N–H and O–H groups in total. The SMILES string of the molecule is NCCCSCc1c(F)cccc1Cl. The van der Waals surface area contributed by atoms with Crippen LogP contribution in [0.5, 0.6) is 0 Å². The summed E-state index contributed by atoms with van der Waals surface area (Å²) >= 11 is 7.52. The Morgan fingerprint density at radius 3 is 2.86 bits per heavy atom. The van der Waals surface area contributed by atoms with Gasteiger partial charge in [-0.3, -0.25) is 0 Å². The van der Waals surface area contributed by atoms with Gasteiger partial charge in [-0.05, 0) is 30.9 Å². The highest BCUT2D eigenvalue weighted by Crippen LogP contribution is 2.23. The van der Waals surface area contributed by atoms with Crippen LogP contribution in [0.2, 0.25) is 5.02 Å². The van der Waals surface area contributed by atoms with Crippen molar-refractivity contribution in [3.8, 4) is 0 Å². The van der Waals surface area contributed by atoms with Crippen molar-refractivity contribution in [1.82, 2.24) is 0 Å².